The van der Waals surface area contributed by atoms with Crippen LogP contribution in [0.4, 0.5) is 4.79 Å². The first-order chi connectivity index (χ1) is 9.04. The van der Waals surface area contributed by atoms with Gasteiger partial charge in [0.25, 0.3) is 0 Å². The lowest BCUT2D eigenvalue weighted by Gasteiger charge is -2.25. The summed E-state index contributed by atoms with van der Waals surface area (Å²) in [4.78, 5) is 23.8. The first kappa shape index (κ1) is 14.2. The maximum Gasteiger partial charge on any atom is 0.409 e. The molecule has 0 N–H and O–H groups in total. The van der Waals surface area contributed by atoms with Crippen molar-refractivity contribution in [2.24, 2.45) is 0 Å². The zero-order chi connectivity index (χ0) is 14.0. The van der Waals surface area contributed by atoms with Crippen LogP contribution in [0.15, 0.2) is 18.2 Å². The first-order valence-corrected chi connectivity index (χ1v) is 6.58. The summed E-state index contributed by atoms with van der Waals surface area (Å²) in [6.07, 6.45) is 0.758. The highest BCUT2D eigenvalue weighted by Crippen LogP contribution is 2.33. The van der Waals surface area contributed by atoms with E-state index in [0.717, 1.165) is 11.8 Å². The van der Waals surface area contributed by atoms with Crippen molar-refractivity contribution in [2.75, 3.05) is 13.7 Å². The van der Waals surface area contributed by atoms with Gasteiger partial charge >= 0.3 is 6.09 Å². The Morgan fingerprint density at radius 2 is 2.21 bits per heavy atom. The number of ether oxygens (including phenoxy) is 1. The zero-order valence-corrected chi connectivity index (χ0v) is 11.8. The second-order valence-corrected chi connectivity index (χ2v) is 5.25. The minimum atomic E-state index is -0.374. The van der Waals surface area contributed by atoms with Gasteiger partial charge in [-0.1, -0.05) is 29.3 Å². The number of amides is 1. The van der Waals surface area contributed by atoms with Gasteiger partial charge in [-0.05, 0) is 17.7 Å². The van der Waals surface area contributed by atoms with Crippen molar-refractivity contribution in [3.05, 3.63) is 33.8 Å². The van der Waals surface area contributed by atoms with E-state index < -0.39 is 0 Å². The van der Waals surface area contributed by atoms with E-state index in [-0.39, 0.29) is 24.7 Å². The third-order valence-electron chi connectivity index (χ3n) is 3.35. The van der Waals surface area contributed by atoms with Crippen LogP contribution in [0.3, 0.4) is 0 Å². The lowest BCUT2D eigenvalue weighted by atomic mass is 9.89. The molecule has 1 aromatic carbocycles. The monoisotopic (exact) mass is 301 g/mol. The predicted molar refractivity (Wildman–Crippen MR) is 72.8 cm³/mol. The van der Waals surface area contributed by atoms with Crippen molar-refractivity contribution in [1.29, 1.82) is 0 Å². The number of hydrogen-bond donors (Lipinski definition) is 0. The molecule has 1 heterocycles. The Balaban J connectivity index is 2.31. The van der Waals surface area contributed by atoms with Gasteiger partial charge in [0.15, 0.2) is 0 Å². The van der Waals surface area contributed by atoms with Gasteiger partial charge in [0.2, 0.25) is 0 Å². The first-order valence-electron chi connectivity index (χ1n) is 5.82. The highest BCUT2D eigenvalue weighted by molar-refractivity contribution is 6.42. The third kappa shape index (κ3) is 2.85. The molecule has 0 unspecified atom stereocenters. The Labute approximate surface area is 121 Å². The molecule has 0 saturated carbocycles. The fourth-order valence-electron chi connectivity index (χ4n) is 2.25. The molecule has 1 amide bonds. The maximum absolute atomic E-state index is 11.4. The van der Waals surface area contributed by atoms with Gasteiger partial charge in [-0.15, -0.1) is 0 Å². The van der Waals surface area contributed by atoms with E-state index in [1.54, 1.807) is 19.2 Å². The molecule has 0 spiro atoms. The highest BCUT2D eigenvalue weighted by atomic mass is 35.5. The number of carbonyl (C=O) groups is 2. The molecule has 6 heteroatoms. The quantitative estimate of drug-likeness (QED) is 0.803. The smallest absolute Gasteiger partial charge is 0.409 e. The predicted octanol–water partition coefficient (Wildman–Crippen LogP) is 3.12. The Kier molecular flexibility index (Phi) is 4.32. The van der Waals surface area contributed by atoms with Crippen LogP contribution in [0.25, 0.3) is 0 Å². The summed E-state index contributed by atoms with van der Waals surface area (Å²) in [7, 11) is 1.66. The van der Waals surface area contributed by atoms with Crippen molar-refractivity contribution < 1.29 is 14.3 Å². The normalized spacial score (nSPS) is 20.3. The summed E-state index contributed by atoms with van der Waals surface area (Å²) < 4.78 is 4.99. The average molecular weight is 302 g/mol. The molecule has 19 heavy (non-hydrogen) atoms. The van der Waals surface area contributed by atoms with Crippen molar-refractivity contribution in [3.63, 3.8) is 0 Å². The Morgan fingerprint density at radius 3 is 2.74 bits per heavy atom. The minimum absolute atomic E-state index is 0.149. The van der Waals surface area contributed by atoms with E-state index in [4.69, 9.17) is 27.9 Å². The zero-order valence-electron chi connectivity index (χ0n) is 10.3. The summed E-state index contributed by atoms with van der Waals surface area (Å²) in [6, 6.07) is 5.07. The van der Waals surface area contributed by atoms with Crippen LogP contribution in [-0.2, 0) is 9.53 Å². The van der Waals surface area contributed by atoms with Crippen LogP contribution in [-0.4, -0.2) is 37.0 Å². The van der Waals surface area contributed by atoms with E-state index >= 15 is 0 Å². The van der Waals surface area contributed by atoms with Crippen LogP contribution < -0.4 is 0 Å². The van der Waals surface area contributed by atoms with Crippen LogP contribution in [0.2, 0.25) is 10.0 Å². The Morgan fingerprint density at radius 1 is 1.47 bits per heavy atom. The van der Waals surface area contributed by atoms with E-state index in [1.165, 1.54) is 4.90 Å². The van der Waals surface area contributed by atoms with Gasteiger partial charge in [-0.3, -0.25) is 0 Å². The third-order valence-corrected chi connectivity index (χ3v) is 4.09. The molecule has 102 valence electrons. The summed E-state index contributed by atoms with van der Waals surface area (Å²) in [5, 5.41) is 0.894. The molecule has 0 radical (unpaired) electrons. The molecular weight excluding hydrogens is 289 g/mol. The van der Waals surface area contributed by atoms with E-state index in [1.807, 2.05) is 6.07 Å². The van der Waals surface area contributed by atoms with Gasteiger partial charge in [0.05, 0.1) is 16.1 Å². The SMILES string of the molecule is CN1C(=O)OC[C@@H]1[C@@H](CC=O)c1ccc(Cl)c(Cl)c1. The number of carbonyl (C=O) groups excluding carboxylic acids is 2. The molecule has 2 rings (SSSR count). The van der Waals surface area contributed by atoms with E-state index in [2.05, 4.69) is 0 Å². The van der Waals surface area contributed by atoms with Crippen molar-refractivity contribution in [3.8, 4) is 0 Å². The molecule has 1 aliphatic rings. The van der Waals surface area contributed by atoms with Crippen LogP contribution in [0.5, 0.6) is 0 Å². The number of nitrogens with zero attached hydrogens (tertiary/aromatic N) is 1. The standard InChI is InChI=1S/C13H13Cl2NO3/c1-16-12(7-19-13(16)18)9(4-5-17)8-2-3-10(14)11(15)6-8/h2-3,5-6,9,12H,4,7H2,1H3/t9-,12+/m0/s1. The molecule has 2 atom stereocenters. The summed E-state index contributed by atoms with van der Waals surface area (Å²) in [5.74, 6) is -0.149. The lowest BCUT2D eigenvalue weighted by Crippen LogP contribution is -2.35. The topological polar surface area (TPSA) is 46.6 Å². The lowest BCUT2D eigenvalue weighted by molar-refractivity contribution is -0.108. The van der Waals surface area contributed by atoms with Gasteiger partial charge in [0, 0.05) is 19.4 Å². The summed E-state index contributed by atoms with van der Waals surface area (Å²) in [6.45, 7) is 0.272. The van der Waals surface area contributed by atoms with Crippen LogP contribution in [0, 0.1) is 0 Å². The molecule has 0 aromatic heterocycles. The second kappa shape index (κ2) is 5.80. The van der Waals surface area contributed by atoms with Crippen LogP contribution in [0.1, 0.15) is 17.9 Å². The molecular formula is C13H13Cl2NO3. The van der Waals surface area contributed by atoms with Gasteiger partial charge in [-0.25, -0.2) is 4.79 Å². The molecule has 1 aromatic rings. The molecule has 1 fully saturated rings. The number of hydrogen-bond acceptors (Lipinski definition) is 3. The maximum atomic E-state index is 11.4. The van der Waals surface area contributed by atoms with Gasteiger partial charge in [-0.2, -0.15) is 0 Å². The Bertz CT molecular complexity index is 507. The minimum Gasteiger partial charge on any atom is -0.447 e. The van der Waals surface area contributed by atoms with Gasteiger partial charge in [0.1, 0.15) is 12.9 Å². The van der Waals surface area contributed by atoms with Crippen molar-refractivity contribution in [2.45, 2.75) is 18.4 Å². The average Bonchev–Trinajstić information content (AvgIpc) is 2.71. The molecule has 1 aliphatic heterocycles. The number of cyclic esters (lactones) is 1. The highest BCUT2D eigenvalue weighted by Gasteiger charge is 2.36. The molecule has 1 saturated heterocycles. The molecule has 0 bridgehead atoms. The fourth-order valence-corrected chi connectivity index (χ4v) is 2.56. The molecule has 4 nitrogen and oxygen atoms in total. The fraction of sp³-hybridized carbons (Fsp3) is 0.385. The Hall–Kier alpha value is -1.26. The number of halogens is 2. The van der Waals surface area contributed by atoms with Gasteiger partial charge < -0.3 is 14.4 Å². The van der Waals surface area contributed by atoms with Crippen LogP contribution >= 0.6 is 23.2 Å². The molecule has 0 aliphatic carbocycles. The van der Waals surface area contributed by atoms with Crippen molar-refractivity contribution >= 4 is 35.6 Å². The van der Waals surface area contributed by atoms with E-state index in [9.17, 15) is 9.59 Å². The number of rotatable bonds is 4. The largest absolute Gasteiger partial charge is 0.447 e. The number of aldehydes is 1. The summed E-state index contributed by atoms with van der Waals surface area (Å²) in [5.41, 5.74) is 0.872. The number of benzene rings is 1. The van der Waals surface area contributed by atoms with E-state index in [0.29, 0.717) is 16.5 Å². The van der Waals surface area contributed by atoms with Crippen molar-refractivity contribution in [1.82, 2.24) is 4.90 Å². The summed E-state index contributed by atoms with van der Waals surface area (Å²) >= 11 is 11.9. The second-order valence-electron chi connectivity index (χ2n) is 4.44. The number of likely N-dealkylation sites (N-methyl/N-ethyl adjacent to an activating group) is 1.